The van der Waals surface area contributed by atoms with Crippen molar-refractivity contribution >= 4 is 54.6 Å². The maximum absolute atomic E-state index is 15.3. The summed E-state index contributed by atoms with van der Waals surface area (Å²) in [4.78, 5) is 0. The van der Waals surface area contributed by atoms with E-state index in [2.05, 4.69) is 42.9 Å². The monoisotopic (exact) mass is 531 g/mol. The molecule has 0 saturated carbocycles. The molecule has 3 aromatic rings. The van der Waals surface area contributed by atoms with Crippen molar-refractivity contribution in [1.29, 1.82) is 0 Å². The Labute approximate surface area is 215 Å². The molecule has 8 heteroatoms. The van der Waals surface area contributed by atoms with Crippen LogP contribution in [-0.2, 0) is 9.25 Å². The number of rotatable bonds is 5. The minimum atomic E-state index is -3.17. The van der Waals surface area contributed by atoms with Crippen molar-refractivity contribution in [2.45, 2.75) is 13.3 Å². The minimum Gasteiger partial charge on any atom is -0.315 e. The van der Waals surface area contributed by atoms with E-state index >= 15 is 4.39 Å². The summed E-state index contributed by atoms with van der Waals surface area (Å²) in [6, 6.07) is 8.66. The van der Waals surface area contributed by atoms with Crippen molar-refractivity contribution in [2.24, 2.45) is 0 Å². The topological polar surface area (TPSA) is 38.1 Å². The van der Waals surface area contributed by atoms with Crippen molar-refractivity contribution in [3.63, 3.8) is 0 Å². The Morgan fingerprint density at radius 2 is 1.86 bits per heavy atom. The van der Waals surface area contributed by atoms with Gasteiger partial charge in [0.25, 0.3) is 0 Å². The van der Waals surface area contributed by atoms with Crippen LogP contribution >= 0.6 is 23.2 Å². The van der Waals surface area contributed by atoms with Gasteiger partial charge in [-0.05, 0) is 51.9 Å². The second-order valence-electron chi connectivity index (χ2n) is 9.69. The third kappa shape index (κ3) is 5.01. The number of halogens is 3. The molecule has 1 aromatic heterocycles. The molecule has 0 aliphatic heterocycles. The fraction of sp³-hybridized carbons (Fsp3) is 0.222. The van der Waals surface area contributed by atoms with Crippen LogP contribution in [0.25, 0.3) is 27.9 Å². The summed E-state index contributed by atoms with van der Waals surface area (Å²) in [7, 11) is -1.54. The highest BCUT2D eigenvalue weighted by molar-refractivity contribution is 8.16. The molecule has 0 saturated heterocycles. The number of fused-ring (bicyclic) bond motifs is 1. The standard InChI is InChI=1S/C27H28Cl2FN3OS/c1-17-8-7-9-19(11-10-17)20-12-13-25-22(14-20)27(29)31-33(25)26-16-24(30)21(15-23(26)28)18(2)32(3)35(4,5,6)34/h8-16H,2,7H2,1,3-6H3. The van der Waals surface area contributed by atoms with E-state index < -0.39 is 15.1 Å². The molecule has 0 fully saturated rings. The van der Waals surface area contributed by atoms with E-state index in [0.717, 1.165) is 22.9 Å². The van der Waals surface area contributed by atoms with Crippen LogP contribution in [0.4, 0.5) is 4.39 Å². The lowest BCUT2D eigenvalue weighted by atomic mass is 10.0. The maximum Gasteiger partial charge on any atom is 0.159 e. The van der Waals surface area contributed by atoms with Crippen molar-refractivity contribution in [2.75, 3.05) is 25.8 Å². The Hall–Kier alpha value is -2.67. The molecule has 4 nitrogen and oxygen atoms in total. The molecule has 184 valence electrons. The van der Waals surface area contributed by atoms with Gasteiger partial charge in [-0.15, -0.1) is 0 Å². The quantitative estimate of drug-likeness (QED) is 0.346. The first kappa shape index (κ1) is 25.4. The molecule has 1 aliphatic rings. The van der Waals surface area contributed by atoms with Crippen LogP contribution in [0.3, 0.4) is 0 Å². The largest absolute Gasteiger partial charge is 0.315 e. The van der Waals surface area contributed by atoms with E-state index in [4.69, 9.17) is 23.2 Å². The van der Waals surface area contributed by atoms with E-state index in [9.17, 15) is 4.21 Å². The molecular weight excluding hydrogens is 504 g/mol. The number of benzene rings is 2. The average Bonchev–Trinajstić information content (AvgIpc) is 2.94. The second-order valence-corrected chi connectivity index (χ2v) is 15.7. The van der Waals surface area contributed by atoms with Crippen LogP contribution in [-0.4, -0.2) is 44.1 Å². The normalized spacial score (nSPS) is 15.3. The summed E-state index contributed by atoms with van der Waals surface area (Å²) >= 11 is 13.1. The van der Waals surface area contributed by atoms with Gasteiger partial charge < -0.3 is 4.31 Å². The van der Waals surface area contributed by atoms with Crippen molar-refractivity contribution in [3.8, 4) is 5.69 Å². The van der Waals surface area contributed by atoms with Gasteiger partial charge in [0.15, 0.2) is 5.15 Å². The lowest BCUT2D eigenvalue weighted by Crippen LogP contribution is -2.44. The van der Waals surface area contributed by atoms with Gasteiger partial charge in [-0.3, -0.25) is 4.21 Å². The SMILES string of the molecule is C=C(c1cc(Cl)c(-n2nc(Cl)c3cc(C4=CCC=C(C)C=C4)ccc32)cc1F)N(C)S(C)(C)(C)=O. The zero-order valence-electron chi connectivity index (χ0n) is 20.4. The lowest BCUT2D eigenvalue weighted by molar-refractivity contribution is 0.599. The van der Waals surface area contributed by atoms with E-state index in [1.54, 1.807) is 25.8 Å². The summed E-state index contributed by atoms with van der Waals surface area (Å²) in [5.74, 6) is -0.550. The Bertz CT molecular complexity index is 1530. The van der Waals surface area contributed by atoms with Gasteiger partial charge >= 0.3 is 0 Å². The average molecular weight is 533 g/mol. The Morgan fingerprint density at radius 1 is 1.14 bits per heavy atom. The van der Waals surface area contributed by atoms with Gasteiger partial charge in [-0.2, -0.15) is 5.10 Å². The molecule has 0 N–H and O–H groups in total. The molecule has 0 amide bonds. The molecule has 1 heterocycles. The number of aromatic nitrogens is 2. The molecule has 35 heavy (non-hydrogen) atoms. The molecule has 0 spiro atoms. The fourth-order valence-electron chi connectivity index (χ4n) is 3.85. The summed E-state index contributed by atoms with van der Waals surface area (Å²) in [6.07, 6.45) is 14.2. The van der Waals surface area contributed by atoms with Gasteiger partial charge in [0.1, 0.15) is 5.82 Å². The van der Waals surface area contributed by atoms with Crippen LogP contribution < -0.4 is 0 Å². The third-order valence-corrected chi connectivity index (χ3v) is 8.83. The first-order valence-corrected chi connectivity index (χ1v) is 14.9. The Morgan fingerprint density at radius 3 is 2.54 bits per heavy atom. The van der Waals surface area contributed by atoms with Crippen LogP contribution in [0.5, 0.6) is 0 Å². The van der Waals surface area contributed by atoms with Gasteiger partial charge in [0, 0.05) is 42.8 Å². The van der Waals surface area contributed by atoms with Crippen LogP contribution in [0, 0.1) is 5.82 Å². The highest BCUT2D eigenvalue weighted by atomic mass is 35.5. The van der Waals surface area contributed by atoms with Gasteiger partial charge in [-0.1, -0.05) is 65.7 Å². The third-order valence-electron chi connectivity index (χ3n) is 6.16. The molecule has 4 rings (SSSR count). The summed E-state index contributed by atoms with van der Waals surface area (Å²) in [5, 5.41) is 5.75. The van der Waals surface area contributed by atoms with Crippen molar-refractivity contribution in [1.82, 2.24) is 14.1 Å². The van der Waals surface area contributed by atoms with Gasteiger partial charge in [0.2, 0.25) is 0 Å². The van der Waals surface area contributed by atoms with E-state index in [1.165, 1.54) is 26.7 Å². The molecule has 0 bridgehead atoms. The first-order valence-electron chi connectivity index (χ1n) is 11.0. The second kappa shape index (κ2) is 8.77. The summed E-state index contributed by atoms with van der Waals surface area (Å²) < 4.78 is 31.3. The smallest absolute Gasteiger partial charge is 0.159 e. The fourth-order valence-corrected chi connectivity index (χ4v) is 5.17. The maximum atomic E-state index is 15.3. The Kier molecular flexibility index (Phi) is 6.37. The highest BCUT2D eigenvalue weighted by Crippen LogP contribution is 2.36. The number of nitrogens with zero attached hydrogens (tertiary/aromatic N) is 3. The van der Waals surface area contributed by atoms with Crippen molar-refractivity contribution in [3.05, 3.63) is 93.9 Å². The number of allylic oxidation sites excluding steroid dienone is 6. The molecular formula is C27H28Cl2FN3OS. The number of hydrogen-bond acceptors (Lipinski definition) is 2. The summed E-state index contributed by atoms with van der Waals surface area (Å²) in [6.45, 7) is 6.03. The van der Waals surface area contributed by atoms with E-state index in [1.807, 2.05) is 18.2 Å². The number of hydrogen-bond donors (Lipinski definition) is 0. The molecule has 0 atom stereocenters. The van der Waals surface area contributed by atoms with Gasteiger partial charge in [0.05, 0.1) is 21.9 Å². The lowest BCUT2D eigenvalue weighted by Gasteiger charge is -2.42. The van der Waals surface area contributed by atoms with E-state index in [-0.39, 0.29) is 16.3 Å². The molecule has 1 aliphatic carbocycles. The van der Waals surface area contributed by atoms with Gasteiger partial charge in [-0.25, -0.2) is 9.07 Å². The predicted molar refractivity (Wildman–Crippen MR) is 149 cm³/mol. The predicted octanol–water partition coefficient (Wildman–Crippen LogP) is 7.29. The van der Waals surface area contributed by atoms with Crippen molar-refractivity contribution < 1.29 is 8.60 Å². The first-order chi connectivity index (χ1) is 16.2. The zero-order valence-corrected chi connectivity index (χ0v) is 22.7. The van der Waals surface area contributed by atoms with Crippen LogP contribution in [0.2, 0.25) is 10.2 Å². The van der Waals surface area contributed by atoms with Crippen LogP contribution in [0.15, 0.2) is 66.8 Å². The molecule has 2 aromatic carbocycles. The minimum absolute atomic E-state index is 0.173. The Balaban J connectivity index is 1.77. The molecule has 0 unspecified atom stereocenters. The molecule has 0 radical (unpaired) electrons. The van der Waals surface area contributed by atoms with E-state index in [0.29, 0.717) is 16.4 Å². The van der Waals surface area contributed by atoms with Crippen LogP contribution in [0.1, 0.15) is 24.5 Å². The summed E-state index contributed by atoms with van der Waals surface area (Å²) in [5.41, 5.74) is 4.83. The highest BCUT2D eigenvalue weighted by Gasteiger charge is 2.27. The zero-order chi connectivity index (χ0) is 25.7.